The second-order valence-electron chi connectivity index (χ2n) is 7.71. The van der Waals surface area contributed by atoms with Gasteiger partial charge >= 0.3 is 11.7 Å². The van der Waals surface area contributed by atoms with Crippen LogP contribution in [0.1, 0.15) is 30.4 Å². The van der Waals surface area contributed by atoms with Crippen LogP contribution in [-0.2, 0) is 21.4 Å². The minimum absolute atomic E-state index is 0.0316. The van der Waals surface area contributed by atoms with E-state index >= 15 is 0 Å². The number of ether oxygens (including phenoxy) is 1. The zero-order valence-electron chi connectivity index (χ0n) is 17.5. The Morgan fingerprint density at radius 2 is 1.77 bits per heavy atom. The van der Waals surface area contributed by atoms with Gasteiger partial charge in [0.15, 0.2) is 5.58 Å². The van der Waals surface area contributed by atoms with Crippen LogP contribution in [0.5, 0.6) is 5.75 Å². The molecule has 2 heterocycles. The van der Waals surface area contributed by atoms with Gasteiger partial charge in [0.1, 0.15) is 5.75 Å². The maximum Gasteiger partial charge on any atom is 0.419 e. The Balaban J connectivity index is 1.53. The summed E-state index contributed by atoms with van der Waals surface area (Å²) in [6.07, 6.45) is 1.65. The van der Waals surface area contributed by atoms with Gasteiger partial charge in [0.25, 0.3) is 0 Å². The third-order valence-corrected chi connectivity index (χ3v) is 7.40. The molecule has 0 spiro atoms. The molecule has 2 aromatic carbocycles. The normalized spacial score (nSPS) is 14.9. The molecule has 0 N–H and O–H groups in total. The second-order valence-corrected chi connectivity index (χ2v) is 9.64. The molecule has 0 amide bonds. The average molecular weight is 445 g/mol. The maximum absolute atomic E-state index is 12.8. The van der Waals surface area contributed by atoms with Gasteiger partial charge in [-0.05, 0) is 49.9 Å². The quantitative estimate of drug-likeness (QED) is 0.428. The van der Waals surface area contributed by atoms with Crippen molar-refractivity contribution in [2.24, 2.45) is 0 Å². The summed E-state index contributed by atoms with van der Waals surface area (Å²) in [4.78, 5) is 24.8. The molecular formula is C22H24N2O6S. The van der Waals surface area contributed by atoms with Crippen molar-refractivity contribution >= 4 is 27.1 Å². The number of oxazole rings is 1. The third-order valence-electron chi connectivity index (χ3n) is 5.51. The first-order valence-electron chi connectivity index (χ1n) is 10.2. The van der Waals surface area contributed by atoms with Crippen molar-refractivity contribution in [2.75, 3.05) is 13.1 Å². The van der Waals surface area contributed by atoms with Gasteiger partial charge in [-0.15, -0.1) is 0 Å². The first-order chi connectivity index (χ1) is 14.8. The Bertz CT molecular complexity index is 1280. The molecule has 1 aliphatic heterocycles. The Kier molecular flexibility index (Phi) is 5.72. The molecule has 1 aromatic heterocycles. The molecule has 4 rings (SSSR count). The van der Waals surface area contributed by atoms with Crippen molar-refractivity contribution in [3.63, 3.8) is 0 Å². The van der Waals surface area contributed by atoms with Crippen LogP contribution in [0.3, 0.4) is 0 Å². The van der Waals surface area contributed by atoms with Crippen LogP contribution in [0.15, 0.2) is 50.5 Å². The number of carbonyl (C=O) groups excluding carboxylic acids is 1. The summed E-state index contributed by atoms with van der Waals surface area (Å²) in [7, 11) is -3.61. The van der Waals surface area contributed by atoms with E-state index in [2.05, 4.69) is 0 Å². The number of sulfonamides is 1. The van der Waals surface area contributed by atoms with Gasteiger partial charge in [0.05, 0.1) is 16.8 Å². The van der Waals surface area contributed by atoms with Crippen LogP contribution < -0.4 is 10.5 Å². The number of hydrogen-bond acceptors (Lipinski definition) is 6. The molecule has 0 aliphatic carbocycles. The monoisotopic (exact) mass is 444 g/mol. The SMILES string of the molecule is Cc1cccc(C)c1OC(=O)CCn1c(=O)oc2cc(S(=O)(=O)N3CCCC3)ccc21. The van der Waals surface area contributed by atoms with Crippen molar-refractivity contribution in [2.45, 2.75) is 44.6 Å². The molecule has 0 radical (unpaired) electrons. The smallest absolute Gasteiger partial charge is 0.419 e. The van der Waals surface area contributed by atoms with E-state index in [1.165, 1.54) is 21.0 Å². The molecular weight excluding hydrogens is 420 g/mol. The van der Waals surface area contributed by atoms with Crippen molar-refractivity contribution in [1.29, 1.82) is 0 Å². The van der Waals surface area contributed by atoms with Crippen molar-refractivity contribution in [3.05, 3.63) is 58.1 Å². The molecule has 8 nitrogen and oxygen atoms in total. The highest BCUT2D eigenvalue weighted by atomic mass is 32.2. The van der Waals surface area contributed by atoms with Crippen molar-refractivity contribution < 1.29 is 22.4 Å². The van der Waals surface area contributed by atoms with Crippen LogP contribution >= 0.6 is 0 Å². The molecule has 0 bridgehead atoms. The number of esters is 1. The van der Waals surface area contributed by atoms with E-state index in [-0.39, 0.29) is 23.4 Å². The highest BCUT2D eigenvalue weighted by molar-refractivity contribution is 7.89. The number of carbonyl (C=O) groups is 1. The third kappa shape index (κ3) is 4.15. The summed E-state index contributed by atoms with van der Waals surface area (Å²) in [6, 6.07) is 9.98. The van der Waals surface area contributed by atoms with E-state index in [4.69, 9.17) is 9.15 Å². The average Bonchev–Trinajstić information content (AvgIpc) is 3.37. The number of fused-ring (bicyclic) bond motifs is 1. The van der Waals surface area contributed by atoms with Crippen LogP contribution in [0.25, 0.3) is 11.1 Å². The fourth-order valence-electron chi connectivity index (χ4n) is 3.82. The lowest BCUT2D eigenvalue weighted by molar-refractivity contribution is -0.134. The Hall–Kier alpha value is -2.91. The van der Waals surface area contributed by atoms with E-state index in [1.54, 1.807) is 6.07 Å². The predicted octanol–water partition coefficient (Wildman–Crippen LogP) is 2.99. The van der Waals surface area contributed by atoms with Gasteiger partial charge < -0.3 is 9.15 Å². The van der Waals surface area contributed by atoms with Crippen molar-refractivity contribution in [3.8, 4) is 5.75 Å². The molecule has 1 saturated heterocycles. The number of para-hydroxylation sites is 1. The maximum atomic E-state index is 12.8. The largest absolute Gasteiger partial charge is 0.426 e. The lowest BCUT2D eigenvalue weighted by Gasteiger charge is -2.15. The van der Waals surface area contributed by atoms with Crippen LogP contribution in [0.2, 0.25) is 0 Å². The zero-order chi connectivity index (χ0) is 22.2. The van der Waals surface area contributed by atoms with E-state index in [0.29, 0.717) is 24.4 Å². The zero-order valence-corrected chi connectivity index (χ0v) is 18.3. The molecule has 31 heavy (non-hydrogen) atoms. The molecule has 1 aliphatic rings. The molecule has 1 fully saturated rings. The second kappa shape index (κ2) is 8.32. The van der Waals surface area contributed by atoms with Gasteiger partial charge in [0.2, 0.25) is 10.0 Å². The van der Waals surface area contributed by atoms with Crippen LogP contribution in [-0.4, -0.2) is 36.3 Å². The lowest BCUT2D eigenvalue weighted by Crippen LogP contribution is -2.27. The first-order valence-corrected chi connectivity index (χ1v) is 11.6. The fourth-order valence-corrected chi connectivity index (χ4v) is 5.36. The number of hydrogen-bond donors (Lipinski definition) is 0. The Morgan fingerprint density at radius 3 is 2.45 bits per heavy atom. The van der Waals surface area contributed by atoms with Gasteiger partial charge in [-0.25, -0.2) is 13.2 Å². The standard InChI is InChI=1S/C22H24N2O6S/c1-15-6-5-7-16(2)21(15)30-20(25)10-13-24-18-9-8-17(14-19(18)29-22(24)26)31(27,28)23-11-3-4-12-23/h5-9,14H,3-4,10-13H2,1-2H3. The predicted molar refractivity (Wildman–Crippen MR) is 115 cm³/mol. The molecule has 164 valence electrons. The van der Waals surface area contributed by atoms with Crippen LogP contribution in [0, 0.1) is 13.8 Å². The van der Waals surface area contributed by atoms with Gasteiger partial charge in [0, 0.05) is 25.7 Å². The summed E-state index contributed by atoms with van der Waals surface area (Å²) in [5.41, 5.74) is 2.32. The number of benzene rings is 2. The minimum Gasteiger partial charge on any atom is -0.426 e. The molecule has 0 atom stereocenters. The summed E-state index contributed by atoms with van der Waals surface area (Å²) in [6.45, 7) is 4.77. The van der Waals surface area contributed by atoms with Gasteiger partial charge in [-0.2, -0.15) is 4.31 Å². The molecule has 9 heteroatoms. The van der Waals surface area contributed by atoms with E-state index < -0.39 is 21.7 Å². The van der Waals surface area contributed by atoms with E-state index in [9.17, 15) is 18.0 Å². The first kappa shape index (κ1) is 21.3. The fraction of sp³-hybridized carbons (Fsp3) is 0.364. The van der Waals surface area contributed by atoms with E-state index in [0.717, 1.165) is 24.0 Å². The summed E-state index contributed by atoms with van der Waals surface area (Å²) in [5.74, 6) is -0.592. The number of aromatic nitrogens is 1. The van der Waals surface area contributed by atoms with E-state index in [1.807, 2.05) is 32.0 Å². The number of rotatable bonds is 6. The molecule has 3 aromatic rings. The van der Waals surface area contributed by atoms with Gasteiger partial charge in [-0.3, -0.25) is 9.36 Å². The highest BCUT2D eigenvalue weighted by Gasteiger charge is 2.28. The Labute approximate surface area is 180 Å². The number of aryl methyl sites for hydroxylation is 3. The lowest BCUT2D eigenvalue weighted by atomic mass is 10.1. The summed E-state index contributed by atoms with van der Waals surface area (Å²) >= 11 is 0. The summed E-state index contributed by atoms with van der Waals surface area (Å²) < 4.78 is 39.0. The molecule has 0 saturated carbocycles. The molecule has 0 unspecified atom stereocenters. The van der Waals surface area contributed by atoms with Crippen molar-refractivity contribution in [1.82, 2.24) is 8.87 Å². The Morgan fingerprint density at radius 1 is 1.10 bits per heavy atom. The highest BCUT2D eigenvalue weighted by Crippen LogP contribution is 2.25. The minimum atomic E-state index is -3.61. The number of nitrogens with zero attached hydrogens (tertiary/aromatic N) is 2. The topological polar surface area (TPSA) is 98.8 Å². The van der Waals surface area contributed by atoms with Gasteiger partial charge in [-0.1, -0.05) is 18.2 Å². The summed E-state index contributed by atoms with van der Waals surface area (Å²) in [5, 5.41) is 0. The van der Waals surface area contributed by atoms with Crippen LogP contribution in [0.4, 0.5) is 0 Å².